The third-order valence-corrected chi connectivity index (χ3v) is 3.88. The summed E-state index contributed by atoms with van der Waals surface area (Å²) in [7, 11) is 0. The zero-order chi connectivity index (χ0) is 12.5. The molecule has 1 aliphatic carbocycles. The summed E-state index contributed by atoms with van der Waals surface area (Å²) in [4.78, 5) is 22.9. The van der Waals surface area contributed by atoms with Crippen LogP contribution in [-0.4, -0.2) is 35.6 Å². The maximum atomic E-state index is 11.9. The van der Waals surface area contributed by atoms with E-state index in [1.165, 1.54) is 0 Å². The van der Waals surface area contributed by atoms with Gasteiger partial charge in [0.05, 0.1) is 12.0 Å². The van der Waals surface area contributed by atoms with Gasteiger partial charge in [0.15, 0.2) is 0 Å². The number of piperidine rings is 1. The maximum absolute atomic E-state index is 11.9. The summed E-state index contributed by atoms with van der Waals surface area (Å²) >= 11 is 0. The first-order chi connectivity index (χ1) is 8.02. The van der Waals surface area contributed by atoms with Crippen molar-refractivity contribution in [1.82, 2.24) is 10.6 Å². The molecule has 5 nitrogen and oxygen atoms in total. The van der Waals surface area contributed by atoms with Crippen LogP contribution in [0.5, 0.6) is 0 Å². The molecule has 0 aromatic rings. The zero-order valence-electron chi connectivity index (χ0n) is 10.2. The van der Waals surface area contributed by atoms with Crippen molar-refractivity contribution >= 4 is 11.9 Å². The van der Waals surface area contributed by atoms with Gasteiger partial charge in [-0.25, -0.2) is 0 Å². The predicted octanol–water partition coefficient (Wildman–Crippen LogP) is 0.355. The monoisotopic (exact) mass is 240 g/mol. The Bertz CT molecular complexity index is 324. The van der Waals surface area contributed by atoms with Crippen LogP contribution in [0.4, 0.5) is 0 Å². The van der Waals surface area contributed by atoms with Crippen molar-refractivity contribution in [1.29, 1.82) is 0 Å². The number of amides is 1. The molecule has 0 aromatic carbocycles. The Balaban J connectivity index is 1.99. The average molecular weight is 240 g/mol. The predicted molar refractivity (Wildman–Crippen MR) is 62.5 cm³/mol. The first-order valence-corrected chi connectivity index (χ1v) is 6.27. The lowest BCUT2D eigenvalue weighted by atomic mass is 9.85. The Labute approximate surface area is 101 Å². The van der Waals surface area contributed by atoms with Crippen LogP contribution in [0, 0.1) is 11.8 Å². The minimum Gasteiger partial charge on any atom is -0.481 e. The van der Waals surface area contributed by atoms with Gasteiger partial charge in [0.2, 0.25) is 5.91 Å². The molecule has 3 N–H and O–H groups in total. The third-order valence-electron chi connectivity index (χ3n) is 3.88. The highest BCUT2D eigenvalue weighted by Crippen LogP contribution is 2.38. The highest BCUT2D eigenvalue weighted by Gasteiger charge is 2.43. The summed E-state index contributed by atoms with van der Waals surface area (Å²) in [6, 6.07) is 0. The Morgan fingerprint density at radius 2 is 2.00 bits per heavy atom. The molecule has 0 bridgehead atoms. The molecule has 1 aliphatic heterocycles. The van der Waals surface area contributed by atoms with Crippen molar-refractivity contribution in [2.75, 3.05) is 13.1 Å². The summed E-state index contributed by atoms with van der Waals surface area (Å²) in [5.74, 6) is -0.231. The minimum atomic E-state index is -0.837. The molecule has 1 saturated heterocycles. The third kappa shape index (κ3) is 2.97. The number of nitrogens with one attached hydrogen (secondary N) is 2. The SMILES string of the molecule is CC1CC1C(=O)NC1(CC(=O)O)CCNCC1. The van der Waals surface area contributed by atoms with E-state index in [0.717, 1.165) is 19.5 Å². The summed E-state index contributed by atoms with van der Waals surface area (Å²) in [5.41, 5.74) is -0.531. The molecule has 5 heteroatoms. The number of hydrogen-bond acceptors (Lipinski definition) is 3. The highest BCUT2D eigenvalue weighted by molar-refractivity contribution is 5.83. The van der Waals surface area contributed by atoms with E-state index in [1.807, 2.05) is 0 Å². The Morgan fingerprint density at radius 3 is 2.47 bits per heavy atom. The van der Waals surface area contributed by atoms with Gasteiger partial charge in [-0.2, -0.15) is 0 Å². The van der Waals surface area contributed by atoms with Crippen LogP contribution in [0.2, 0.25) is 0 Å². The summed E-state index contributed by atoms with van der Waals surface area (Å²) in [6.45, 7) is 3.60. The molecule has 0 aromatic heterocycles. The van der Waals surface area contributed by atoms with Gasteiger partial charge in [0.1, 0.15) is 0 Å². The number of carboxylic acids is 1. The van der Waals surface area contributed by atoms with Crippen molar-refractivity contribution in [2.24, 2.45) is 11.8 Å². The molecule has 2 unspecified atom stereocenters. The molecule has 1 heterocycles. The molecule has 17 heavy (non-hydrogen) atoms. The van der Waals surface area contributed by atoms with Crippen molar-refractivity contribution < 1.29 is 14.7 Å². The molecular formula is C12H20N2O3. The second-order valence-corrected chi connectivity index (χ2v) is 5.41. The second-order valence-electron chi connectivity index (χ2n) is 5.41. The van der Waals surface area contributed by atoms with Crippen LogP contribution in [0.25, 0.3) is 0 Å². The molecule has 2 aliphatic rings. The maximum Gasteiger partial charge on any atom is 0.305 e. The molecule has 2 rings (SSSR count). The van der Waals surface area contributed by atoms with Gasteiger partial charge < -0.3 is 15.7 Å². The van der Waals surface area contributed by atoms with Gasteiger partial charge in [-0.3, -0.25) is 9.59 Å². The molecule has 0 radical (unpaired) electrons. The van der Waals surface area contributed by atoms with E-state index in [1.54, 1.807) is 0 Å². The first kappa shape index (κ1) is 12.4. The van der Waals surface area contributed by atoms with Gasteiger partial charge in [-0.05, 0) is 38.3 Å². The number of carbonyl (C=O) groups is 2. The topological polar surface area (TPSA) is 78.4 Å². The number of carbonyl (C=O) groups excluding carboxylic acids is 1. The smallest absolute Gasteiger partial charge is 0.305 e. The fourth-order valence-corrected chi connectivity index (χ4v) is 2.58. The first-order valence-electron chi connectivity index (χ1n) is 6.27. The molecular weight excluding hydrogens is 220 g/mol. The normalized spacial score (nSPS) is 30.6. The summed E-state index contributed by atoms with van der Waals surface area (Å²) < 4.78 is 0. The number of rotatable bonds is 4. The molecule has 1 saturated carbocycles. The van der Waals surface area contributed by atoms with E-state index in [-0.39, 0.29) is 18.2 Å². The molecule has 2 atom stereocenters. The molecule has 1 amide bonds. The Hall–Kier alpha value is -1.10. The lowest BCUT2D eigenvalue weighted by molar-refractivity contribution is -0.139. The van der Waals surface area contributed by atoms with Crippen LogP contribution < -0.4 is 10.6 Å². The molecule has 96 valence electrons. The largest absolute Gasteiger partial charge is 0.481 e. The number of carboxylic acid groups (broad SMARTS) is 1. The minimum absolute atomic E-state index is 0.0293. The lowest BCUT2D eigenvalue weighted by Gasteiger charge is -2.37. The quantitative estimate of drug-likeness (QED) is 0.663. The van der Waals surface area contributed by atoms with Crippen LogP contribution in [0.15, 0.2) is 0 Å². The molecule has 2 fully saturated rings. The van der Waals surface area contributed by atoms with Gasteiger partial charge in [0.25, 0.3) is 0 Å². The van der Waals surface area contributed by atoms with Crippen LogP contribution in [-0.2, 0) is 9.59 Å². The fraction of sp³-hybridized carbons (Fsp3) is 0.833. The van der Waals surface area contributed by atoms with Crippen LogP contribution in [0.3, 0.4) is 0 Å². The van der Waals surface area contributed by atoms with Crippen molar-refractivity contribution in [3.8, 4) is 0 Å². The van der Waals surface area contributed by atoms with E-state index < -0.39 is 11.5 Å². The zero-order valence-corrected chi connectivity index (χ0v) is 10.2. The van der Waals surface area contributed by atoms with Crippen molar-refractivity contribution in [3.05, 3.63) is 0 Å². The summed E-state index contributed by atoms with van der Waals surface area (Å²) in [6.07, 6.45) is 2.37. The number of aliphatic carboxylic acids is 1. The van der Waals surface area contributed by atoms with E-state index >= 15 is 0 Å². The molecule has 0 spiro atoms. The van der Waals surface area contributed by atoms with Crippen molar-refractivity contribution in [2.45, 2.75) is 38.1 Å². The average Bonchev–Trinajstić information content (AvgIpc) is 2.95. The van der Waals surface area contributed by atoms with E-state index in [4.69, 9.17) is 5.11 Å². The highest BCUT2D eigenvalue weighted by atomic mass is 16.4. The van der Waals surface area contributed by atoms with Gasteiger partial charge >= 0.3 is 5.97 Å². The summed E-state index contributed by atoms with van der Waals surface area (Å²) in [5, 5.41) is 15.2. The van der Waals surface area contributed by atoms with Gasteiger partial charge in [0, 0.05) is 5.92 Å². The standard InChI is InChI=1S/C12H20N2O3/c1-8-6-9(8)11(17)14-12(7-10(15)16)2-4-13-5-3-12/h8-9,13H,2-7H2,1H3,(H,14,17)(H,15,16). The number of hydrogen-bond donors (Lipinski definition) is 3. The Kier molecular flexibility index (Phi) is 3.38. The second kappa shape index (κ2) is 4.64. The van der Waals surface area contributed by atoms with Gasteiger partial charge in [-0.15, -0.1) is 0 Å². The van der Waals surface area contributed by atoms with E-state index in [9.17, 15) is 9.59 Å². The van der Waals surface area contributed by atoms with Crippen molar-refractivity contribution in [3.63, 3.8) is 0 Å². The fourth-order valence-electron chi connectivity index (χ4n) is 2.58. The van der Waals surface area contributed by atoms with Gasteiger partial charge in [-0.1, -0.05) is 6.92 Å². The van der Waals surface area contributed by atoms with Crippen LogP contribution >= 0.6 is 0 Å². The Morgan fingerprint density at radius 1 is 1.41 bits per heavy atom. The van der Waals surface area contributed by atoms with E-state index in [2.05, 4.69) is 17.6 Å². The van der Waals surface area contributed by atoms with E-state index in [0.29, 0.717) is 18.8 Å². The lowest BCUT2D eigenvalue weighted by Crippen LogP contribution is -2.56. The van der Waals surface area contributed by atoms with Crippen LogP contribution in [0.1, 0.15) is 32.6 Å².